The molecule has 0 fully saturated rings. The van der Waals surface area contributed by atoms with Crippen molar-refractivity contribution in [2.45, 2.75) is 122 Å². The zero-order valence-electron chi connectivity index (χ0n) is 47.8. The molecule has 0 radical (unpaired) electrons. The Hall–Kier alpha value is -7.82. The fraction of sp³-hybridized carbons (Fsp3) is 0.250. The molecule has 2 aliphatic rings. The van der Waals surface area contributed by atoms with E-state index < -0.39 is 10.8 Å². The molecule has 0 aliphatic carbocycles. The molecule has 4 nitrogen and oxygen atoms in total. The zero-order chi connectivity index (χ0) is 53.9. The highest BCUT2D eigenvalue weighted by Gasteiger charge is 2.47. The van der Waals surface area contributed by atoms with E-state index in [-0.39, 0.29) is 0 Å². The fourth-order valence-corrected chi connectivity index (χ4v) is 13.1. The van der Waals surface area contributed by atoms with Crippen LogP contribution in [-0.4, -0.2) is 0 Å². The van der Waals surface area contributed by atoms with Gasteiger partial charge in [-0.05, 0) is 293 Å². The summed E-state index contributed by atoms with van der Waals surface area (Å²) < 4.78 is 0. The molecule has 0 aromatic heterocycles. The molecule has 0 spiro atoms. The van der Waals surface area contributed by atoms with Crippen LogP contribution in [0.4, 0.5) is 68.2 Å². The first-order valence-corrected chi connectivity index (χ1v) is 27.2. The molecule has 382 valence electrons. The van der Waals surface area contributed by atoms with Gasteiger partial charge in [0.2, 0.25) is 0 Å². The van der Waals surface area contributed by atoms with Crippen molar-refractivity contribution >= 4 is 68.2 Å². The SMILES string of the molecule is Cc1cc(C)cc(N(c2cc(C)cc(C)c2)c2ccc3c(c2)C(C)(C)c2cc(N(c4cc(C)cc(C)c4)c4cc(C)cc(C)c4)cc4c2N3c2ccc(N(c3cc(C)cc(C)c3)c3cc(C)cc(C)c3)cc2C4(C)C)c1. The van der Waals surface area contributed by atoms with Gasteiger partial charge in [0.25, 0.3) is 0 Å². The van der Waals surface area contributed by atoms with Crippen LogP contribution in [0, 0.1) is 83.1 Å². The molecule has 0 saturated heterocycles. The third kappa shape index (κ3) is 8.86. The van der Waals surface area contributed by atoms with Crippen LogP contribution in [0.1, 0.15) is 117 Å². The molecule has 0 unspecified atom stereocenters. The van der Waals surface area contributed by atoms with E-state index in [9.17, 15) is 0 Å². The van der Waals surface area contributed by atoms with Gasteiger partial charge in [-0.1, -0.05) is 64.1 Å². The van der Waals surface area contributed by atoms with E-state index in [1.165, 1.54) is 106 Å². The number of hydrogen-bond donors (Lipinski definition) is 0. The maximum absolute atomic E-state index is 2.62. The van der Waals surface area contributed by atoms with E-state index in [2.05, 4.69) is 288 Å². The van der Waals surface area contributed by atoms with Gasteiger partial charge in [0, 0.05) is 62.0 Å². The molecule has 0 amide bonds. The predicted octanol–water partition coefficient (Wildman–Crippen LogP) is 20.5. The fourth-order valence-electron chi connectivity index (χ4n) is 13.1. The highest BCUT2D eigenvalue weighted by Crippen LogP contribution is 2.62. The topological polar surface area (TPSA) is 13.0 Å². The van der Waals surface area contributed by atoms with Gasteiger partial charge in [-0.25, -0.2) is 0 Å². The second-order valence-electron chi connectivity index (χ2n) is 24.0. The van der Waals surface area contributed by atoms with E-state index in [4.69, 9.17) is 0 Å². The van der Waals surface area contributed by atoms with E-state index in [0.29, 0.717) is 0 Å². The Bertz CT molecular complexity index is 3360. The van der Waals surface area contributed by atoms with Crippen molar-refractivity contribution in [3.05, 3.63) is 247 Å². The van der Waals surface area contributed by atoms with Crippen LogP contribution < -0.4 is 19.6 Å². The van der Waals surface area contributed by atoms with Gasteiger partial charge < -0.3 is 19.6 Å². The Kier molecular flexibility index (Phi) is 12.2. The normalized spacial score (nSPS) is 13.7. The minimum Gasteiger partial charge on any atom is -0.310 e. The van der Waals surface area contributed by atoms with Crippen molar-refractivity contribution in [2.75, 3.05) is 19.6 Å². The first kappa shape index (κ1) is 50.3. The van der Waals surface area contributed by atoms with Crippen LogP contribution in [0.15, 0.2) is 158 Å². The van der Waals surface area contributed by atoms with E-state index in [0.717, 1.165) is 51.2 Å². The Morgan fingerprint density at radius 2 is 0.434 bits per heavy atom. The Balaban J connectivity index is 1.21. The number of anilines is 12. The highest BCUT2D eigenvalue weighted by molar-refractivity contribution is 5.97. The van der Waals surface area contributed by atoms with E-state index in [1.807, 2.05) is 0 Å². The summed E-state index contributed by atoms with van der Waals surface area (Å²) in [6.07, 6.45) is 0. The average Bonchev–Trinajstić information content (AvgIpc) is 3.30. The van der Waals surface area contributed by atoms with Crippen LogP contribution in [0.25, 0.3) is 0 Å². The van der Waals surface area contributed by atoms with Gasteiger partial charge >= 0.3 is 0 Å². The monoisotopic (exact) mass is 995 g/mol. The Labute approximate surface area is 453 Å². The maximum atomic E-state index is 2.62. The van der Waals surface area contributed by atoms with Crippen LogP contribution in [-0.2, 0) is 10.8 Å². The molecular formula is C72H74N4. The van der Waals surface area contributed by atoms with Crippen molar-refractivity contribution < 1.29 is 0 Å². The molecule has 0 N–H and O–H groups in total. The van der Waals surface area contributed by atoms with Gasteiger partial charge in [-0.15, -0.1) is 0 Å². The van der Waals surface area contributed by atoms with Crippen molar-refractivity contribution in [3.8, 4) is 0 Å². The first-order valence-electron chi connectivity index (χ1n) is 27.2. The van der Waals surface area contributed by atoms with Gasteiger partial charge in [0.1, 0.15) is 0 Å². The summed E-state index contributed by atoms with van der Waals surface area (Å²) in [5.74, 6) is 0. The summed E-state index contributed by atoms with van der Waals surface area (Å²) in [4.78, 5) is 10.1. The second-order valence-corrected chi connectivity index (χ2v) is 24.0. The Morgan fingerprint density at radius 1 is 0.237 bits per heavy atom. The molecule has 0 bridgehead atoms. The van der Waals surface area contributed by atoms with Gasteiger partial charge in [0.05, 0.1) is 17.1 Å². The molecular weight excluding hydrogens is 921 g/mol. The summed E-state index contributed by atoms with van der Waals surface area (Å²) in [7, 11) is 0. The lowest BCUT2D eigenvalue weighted by molar-refractivity contribution is 0.597. The molecule has 11 rings (SSSR count). The van der Waals surface area contributed by atoms with Gasteiger partial charge in [0.15, 0.2) is 0 Å². The third-order valence-electron chi connectivity index (χ3n) is 16.0. The standard InChI is InChI=1S/C72H74N4/c1-43-21-44(2)28-57(27-43)73(58-29-45(3)22-46(4)30-58)55-17-19-68-64(39-55)71(13,14)66-41-63(75(61-35-51(9)25-52(10)36-61)62-37-53(11)26-54(12)38-62)42-67-70(66)76(68)69-20-18-56(40-65(69)72(67,15)16)74(59-31-47(5)23-48(6)32-59)60-33-49(7)24-50(8)34-60/h17-42H,1-16H3. The zero-order valence-corrected chi connectivity index (χ0v) is 47.8. The van der Waals surface area contributed by atoms with Crippen molar-refractivity contribution in [3.63, 3.8) is 0 Å². The summed E-state index contributed by atoms with van der Waals surface area (Å²) in [5.41, 5.74) is 33.4. The van der Waals surface area contributed by atoms with E-state index >= 15 is 0 Å². The minimum absolute atomic E-state index is 0.425. The van der Waals surface area contributed by atoms with Crippen molar-refractivity contribution in [1.82, 2.24) is 0 Å². The molecule has 0 atom stereocenters. The number of nitrogens with zero attached hydrogens (tertiary/aromatic N) is 4. The Morgan fingerprint density at radius 3 is 0.671 bits per heavy atom. The first-order chi connectivity index (χ1) is 36.0. The van der Waals surface area contributed by atoms with Crippen molar-refractivity contribution in [2.24, 2.45) is 0 Å². The van der Waals surface area contributed by atoms with Crippen LogP contribution in [0.2, 0.25) is 0 Å². The lowest BCUT2D eigenvalue weighted by Crippen LogP contribution is -2.38. The molecule has 9 aromatic rings. The number of hydrogen-bond acceptors (Lipinski definition) is 4. The second kappa shape index (κ2) is 18.5. The summed E-state index contributed by atoms with van der Waals surface area (Å²) in [6.45, 7) is 36.4. The summed E-state index contributed by atoms with van der Waals surface area (Å²) >= 11 is 0. The van der Waals surface area contributed by atoms with Gasteiger partial charge in [-0.3, -0.25) is 0 Å². The van der Waals surface area contributed by atoms with Gasteiger partial charge in [-0.2, -0.15) is 0 Å². The van der Waals surface area contributed by atoms with Crippen LogP contribution in [0.5, 0.6) is 0 Å². The minimum atomic E-state index is -0.425. The smallest absolute Gasteiger partial charge is 0.0545 e. The summed E-state index contributed by atoms with van der Waals surface area (Å²) in [5, 5.41) is 0. The van der Waals surface area contributed by atoms with E-state index in [1.54, 1.807) is 0 Å². The molecule has 76 heavy (non-hydrogen) atoms. The maximum Gasteiger partial charge on any atom is 0.0545 e. The molecule has 9 aromatic carbocycles. The largest absolute Gasteiger partial charge is 0.310 e. The molecule has 0 saturated carbocycles. The van der Waals surface area contributed by atoms with Crippen molar-refractivity contribution in [1.29, 1.82) is 0 Å². The average molecular weight is 995 g/mol. The molecule has 2 heterocycles. The molecule has 2 aliphatic heterocycles. The third-order valence-corrected chi connectivity index (χ3v) is 16.0. The van der Waals surface area contributed by atoms with Crippen LogP contribution in [0.3, 0.4) is 0 Å². The number of fused-ring (bicyclic) bond motifs is 4. The quantitative estimate of drug-likeness (QED) is 0.143. The lowest BCUT2D eigenvalue weighted by Gasteiger charge is -2.50. The number of rotatable bonds is 9. The molecule has 4 heteroatoms. The summed E-state index contributed by atoms with van der Waals surface area (Å²) in [6, 6.07) is 61.3. The van der Waals surface area contributed by atoms with Crippen LogP contribution >= 0.6 is 0 Å². The highest BCUT2D eigenvalue weighted by atomic mass is 15.2. The number of benzene rings is 9. The number of aryl methyl sites for hydroxylation is 12. The predicted molar refractivity (Wildman–Crippen MR) is 326 cm³/mol. The lowest BCUT2D eigenvalue weighted by atomic mass is 9.66.